The van der Waals surface area contributed by atoms with Gasteiger partial charge in [0.05, 0.1) is 32.0 Å². The first-order valence-corrected chi connectivity index (χ1v) is 17.9. The van der Waals surface area contributed by atoms with Gasteiger partial charge in [0, 0.05) is 82.6 Å². The van der Waals surface area contributed by atoms with Gasteiger partial charge in [-0.3, -0.25) is 9.69 Å². The highest BCUT2D eigenvalue weighted by molar-refractivity contribution is 7.98. The number of rotatable bonds is 19. The van der Waals surface area contributed by atoms with Crippen molar-refractivity contribution in [1.29, 1.82) is 0 Å². The molecule has 1 saturated heterocycles. The van der Waals surface area contributed by atoms with Crippen LogP contribution in [0, 0.1) is 0 Å². The second-order valence-corrected chi connectivity index (χ2v) is 13.2. The lowest BCUT2D eigenvalue weighted by Crippen LogP contribution is -2.52. The fourth-order valence-electron chi connectivity index (χ4n) is 4.74. The molecule has 3 rings (SSSR count). The van der Waals surface area contributed by atoms with Gasteiger partial charge < -0.3 is 33.7 Å². The van der Waals surface area contributed by atoms with Crippen molar-refractivity contribution in [2.45, 2.75) is 54.4 Å². The summed E-state index contributed by atoms with van der Waals surface area (Å²) in [6.07, 6.45) is 4.09. The van der Waals surface area contributed by atoms with E-state index in [1.165, 1.54) is 4.90 Å². The maximum absolute atomic E-state index is 12.9. The van der Waals surface area contributed by atoms with Gasteiger partial charge in [0.25, 0.3) is 0 Å². The molecule has 1 N–H and O–H groups in total. The molecule has 0 aromatic heterocycles. The lowest BCUT2D eigenvalue weighted by molar-refractivity contribution is -0.0148. The molecule has 46 heavy (non-hydrogen) atoms. The van der Waals surface area contributed by atoms with Crippen LogP contribution < -0.4 is 5.32 Å². The number of benzene rings is 2. The van der Waals surface area contributed by atoms with Gasteiger partial charge in [0.2, 0.25) is 5.79 Å². The van der Waals surface area contributed by atoms with E-state index in [4.69, 9.17) is 28.4 Å². The third-order valence-electron chi connectivity index (χ3n) is 7.70. The highest BCUT2D eigenvalue weighted by atomic mass is 32.2. The largest absolute Gasteiger partial charge is 0.383 e. The topological polar surface area (TPSA) is 91.0 Å². The molecule has 0 aliphatic carbocycles. The first kappa shape index (κ1) is 42.5. The molecule has 1 atom stereocenters. The molecule has 1 aliphatic heterocycles. The molecule has 0 radical (unpaired) electrons. The van der Waals surface area contributed by atoms with Crippen LogP contribution in [0.3, 0.4) is 0 Å². The summed E-state index contributed by atoms with van der Waals surface area (Å²) < 4.78 is 31.1. The minimum absolute atomic E-state index is 0.118. The van der Waals surface area contributed by atoms with E-state index in [9.17, 15) is 4.79 Å². The number of carbonyl (C=O) groups excluding carboxylic acids is 1. The van der Waals surface area contributed by atoms with Gasteiger partial charge >= 0.3 is 0 Å². The number of ketones is 1. The number of thioether (sulfide) groups is 2. The molecule has 262 valence electrons. The number of epoxide rings is 1. The van der Waals surface area contributed by atoms with Crippen molar-refractivity contribution in [3.63, 3.8) is 0 Å². The molecule has 1 heterocycles. The summed E-state index contributed by atoms with van der Waals surface area (Å²) in [7, 11) is 8.42. The van der Waals surface area contributed by atoms with Gasteiger partial charge in [-0.05, 0) is 64.5 Å². The van der Waals surface area contributed by atoms with Crippen LogP contribution in [-0.4, -0.2) is 122 Å². The average molecular weight is 683 g/mol. The van der Waals surface area contributed by atoms with Crippen LogP contribution in [-0.2, 0) is 34.2 Å². The Kier molecular flexibility index (Phi) is 20.5. The predicted molar refractivity (Wildman–Crippen MR) is 191 cm³/mol. The van der Waals surface area contributed by atoms with E-state index in [1.807, 2.05) is 58.2 Å². The smallest absolute Gasteiger partial charge is 0.225 e. The minimum Gasteiger partial charge on any atom is -0.383 e. The summed E-state index contributed by atoms with van der Waals surface area (Å²) >= 11 is 3.40. The summed E-state index contributed by atoms with van der Waals surface area (Å²) in [5.74, 6) is -0.420. The van der Waals surface area contributed by atoms with E-state index in [0.717, 1.165) is 42.3 Å². The lowest BCUT2D eigenvalue weighted by Gasteiger charge is -2.37. The molecule has 11 heteroatoms. The van der Waals surface area contributed by atoms with E-state index in [1.54, 1.807) is 59.1 Å². The first-order chi connectivity index (χ1) is 21.9. The van der Waals surface area contributed by atoms with Crippen LogP contribution in [0.25, 0.3) is 0 Å². The van der Waals surface area contributed by atoms with Crippen molar-refractivity contribution < 1.29 is 33.2 Å². The zero-order chi connectivity index (χ0) is 34.6. The highest BCUT2D eigenvalue weighted by Crippen LogP contribution is 2.55. The third-order valence-corrected chi connectivity index (χ3v) is 9.19. The monoisotopic (exact) mass is 682 g/mol. The molecule has 0 bridgehead atoms. The van der Waals surface area contributed by atoms with Gasteiger partial charge in [-0.25, -0.2) is 0 Å². The normalized spacial score (nSPS) is 16.7. The zero-order valence-corrected chi connectivity index (χ0v) is 31.5. The number of Topliss-reactive ketones (excluding diaryl/α,β-unsaturated/α-hetero) is 1. The molecule has 0 saturated carbocycles. The number of ether oxygens (including phenoxy) is 6. The number of hydrogen-bond acceptors (Lipinski definition) is 11. The number of carbonyl (C=O) groups is 1. The molecule has 0 amide bonds. The number of nitrogens with one attached hydrogen (secondary N) is 1. The van der Waals surface area contributed by atoms with Crippen molar-refractivity contribution >= 4 is 29.3 Å². The van der Waals surface area contributed by atoms with Gasteiger partial charge in [-0.1, -0.05) is 24.3 Å². The van der Waals surface area contributed by atoms with E-state index < -0.39 is 11.3 Å². The van der Waals surface area contributed by atoms with E-state index in [2.05, 4.69) is 40.7 Å². The molecular formula is C35H58N2O7S2. The van der Waals surface area contributed by atoms with Crippen LogP contribution in [0.5, 0.6) is 0 Å². The lowest BCUT2D eigenvalue weighted by atomic mass is 9.91. The highest BCUT2D eigenvalue weighted by Gasteiger charge is 2.66. The van der Waals surface area contributed by atoms with Gasteiger partial charge in [0.15, 0.2) is 5.78 Å². The molecule has 9 nitrogen and oxygen atoms in total. The summed E-state index contributed by atoms with van der Waals surface area (Å²) in [6, 6.07) is 16.1. The van der Waals surface area contributed by atoms with E-state index in [0.29, 0.717) is 26.3 Å². The molecule has 0 spiro atoms. The third kappa shape index (κ3) is 13.2. The molecule has 2 aromatic carbocycles. The summed E-state index contributed by atoms with van der Waals surface area (Å²) in [5.41, 5.74) is 1.01. The van der Waals surface area contributed by atoms with Crippen molar-refractivity contribution in [2.24, 2.45) is 0 Å². The predicted octanol–water partition coefficient (Wildman–Crippen LogP) is 5.85. The Morgan fingerprint density at radius 3 is 1.52 bits per heavy atom. The van der Waals surface area contributed by atoms with Gasteiger partial charge in [-0.15, -0.1) is 23.5 Å². The average Bonchev–Trinajstić information content (AvgIpc) is 3.66. The Balaban J connectivity index is 0.000000379. The zero-order valence-electron chi connectivity index (χ0n) is 29.9. The maximum atomic E-state index is 12.9. The molecule has 2 aromatic rings. The van der Waals surface area contributed by atoms with E-state index >= 15 is 0 Å². The molecule has 1 fully saturated rings. The Hall–Kier alpha value is -1.51. The van der Waals surface area contributed by atoms with Crippen molar-refractivity contribution in [3.8, 4) is 0 Å². The van der Waals surface area contributed by atoms with Gasteiger partial charge in [0.1, 0.15) is 5.60 Å². The standard InChI is InChI=1S/C17H27NO3S.C12H16O2S.C6H15NO2/c1-17(2,18(10-12-20-3)11-13-21-4)16(19)14-6-8-15(22-5)9-7-14;1-11(2)12(13-3,14-11)9-5-7-10(15-4)8-6-9;1-8-5-3-7-4-6-9-2/h6-9H,10-13H2,1-5H3;5-8H,1-4H3;7H,3-6H2,1-2H3. The SMILES string of the molecule is COC1(c2ccc(SC)cc2)OC1(C)C.COCCN(CCOC)C(C)(C)C(=O)c1ccc(SC)cc1.COCCNCCOC. The Bertz CT molecular complexity index is 1090. The quantitative estimate of drug-likeness (QED) is 0.0838. The summed E-state index contributed by atoms with van der Waals surface area (Å²) in [5, 5.41) is 3.14. The van der Waals surface area contributed by atoms with Crippen LogP contribution in [0.4, 0.5) is 0 Å². The Morgan fingerprint density at radius 2 is 1.17 bits per heavy atom. The minimum atomic E-state index is -0.599. The van der Waals surface area contributed by atoms with Gasteiger partial charge in [-0.2, -0.15) is 0 Å². The van der Waals surface area contributed by atoms with Crippen molar-refractivity contribution in [1.82, 2.24) is 10.2 Å². The molecule has 1 unspecified atom stereocenters. The fraction of sp³-hybridized carbons (Fsp3) is 0.629. The summed E-state index contributed by atoms with van der Waals surface area (Å²) in [6.45, 7) is 13.9. The van der Waals surface area contributed by atoms with Crippen LogP contribution in [0.1, 0.15) is 43.6 Å². The van der Waals surface area contributed by atoms with Crippen LogP contribution in [0.2, 0.25) is 0 Å². The maximum Gasteiger partial charge on any atom is 0.225 e. The molecular weight excluding hydrogens is 625 g/mol. The number of nitrogens with zero attached hydrogens (tertiary/aromatic N) is 1. The summed E-state index contributed by atoms with van der Waals surface area (Å²) in [4.78, 5) is 17.4. The number of methoxy groups -OCH3 is 5. The second-order valence-electron chi connectivity index (χ2n) is 11.5. The Labute approximate surface area is 286 Å². The number of hydrogen-bond donors (Lipinski definition) is 1. The Morgan fingerprint density at radius 1 is 0.761 bits per heavy atom. The van der Waals surface area contributed by atoms with Crippen LogP contribution >= 0.6 is 23.5 Å². The van der Waals surface area contributed by atoms with Crippen LogP contribution in [0.15, 0.2) is 58.3 Å². The fourth-order valence-corrected chi connectivity index (χ4v) is 5.56. The van der Waals surface area contributed by atoms with E-state index in [-0.39, 0.29) is 11.4 Å². The van der Waals surface area contributed by atoms with Crippen molar-refractivity contribution in [3.05, 3.63) is 59.7 Å². The first-order valence-electron chi connectivity index (χ1n) is 15.4. The second kappa shape index (κ2) is 22.2. The van der Waals surface area contributed by atoms with Crippen molar-refractivity contribution in [2.75, 3.05) is 101 Å². The molecule has 1 aliphatic rings.